The van der Waals surface area contributed by atoms with Gasteiger partial charge in [0.05, 0.1) is 15.6 Å². The molecule has 2 rings (SSSR count). The van der Waals surface area contributed by atoms with Crippen LogP contribution in [0.3, 0.4) is 0 Å². The molecular weight excluding hydrogens is 315 g/mol. The Labute approximate surface area is 127 Å². The zero-order valence-electron chi connectivity index (χ0n) is 11.4. The van der Waals surface area contributed by atoms with Gasteiger partial charge in [-0.2, -0.15) is 0 Å². The summed E-state index contributed by atoms with van der Waals surface area (Å²) in [6.07, 6.45) is 0. The van der Waals surface area contributed by atoms with E-state index in [9.17, 15) is 12.8 Å². The summed E-state index contributed by atoms with van der Waals surface area (Å²) in [7, 11) is -3.83. The second-order valence-corrected chi connectivity index (χ2v) is 6.75. The summed E-state index contributed by atoms with van der Waals surface area (Å²) in [5, 5.41) is -0.157. The lowest BCUT2D eigenvalue weighted by Crippen LogP contribution is -2.15. The molecule has 0 aromatic heterocycles. The number of hydrogen-bond donors (Lipinski definition) is 2. The molecule has 0 aliphatic heterocycles. The van der Waals surface area contributed by atoms with Crippen molar-refractivity contribution in [1.29, 1.82) is 0 Å². The molecule has 7 heteroatoms. The zero-order chi connectivity index (χ0) is 15.8. The molecule has 0 amide bonds. The lowest BCUT2D eigenvalue weighted by molar-refractivity contribution is 0.600. The normalized spacial score (nSPS) is 11.4. The molecule has 0 saturated heterocycles. The molecule has 3 N–H and O–H groups in total. The number of aryl methyl sites for hydroxylation is 1. The van der Waals surface area contributed by atoms with E-state index in [1.165, 1.54) is 18.2 Å². The third-order valence-electron chi connectivity index (χ3n) is 3.10. The number of sulfonamides is 1. The van der Waals surface area contributed by atoms with Crippen molar-refractivity contribution in [2.75, 3.05) is 10.5 Å². The zero-order valence-corrected chi connectivity index (χ0v) is 13.0. The molecule has 0 aliphatic rings. The first kappa shape index (κ1) is 15.6. The number of anilines is 2. The van der Waals surface area contributed by atoms with Gasteiger partial charge in [0.25, 0.3) is 10.0 Å². The number of halogens is 2. The smallest absolute Gasteiger partial charge is 0.262 e. The molecule has 21 heavy (non-hydrogen) atoms. The van der Waals surface area contributed by atoms with Crippen LogP contribution in [0.15, 0.2) is 35.2 Å². The van der Waals surface area contributed by atoms with E-state index in [4.69, 9.17) is 17.3 Å². The average Bonchev–Trinajstić information content (AvgIpc) is 2.37. The Bertz CT molecular complexity index is 807. The van der Waals surface area contributed by atoms with E-state index in [1.54, 1.807) is 19.9 Å². The van der Waals surface area contributed by atoms with Gasteiger partial charge in [-0.25, -0.2) is 12.8 Å². The van der Waals surface area contributed by atoms with Gasteiger partial charge in [-0.3, -0.25) is 4.72 Å². The predicted octanol–water partition coefficient (Wildman–Crippen LogP) is 3.48. The summed E-state index contributed by atoms with van der Waals surface area (Å²) >= 11 is 5.64. The van der Waals surface area contributed by atoms with E-state index in [2.05, 4.69) is 4.72 Å². The van der Waals surface area contributed by atoms with Crippen LogP contribution >= 0.6 is 11.6 Å². The lowest BCUT2D eigenvalue weighted by Gasteiger charge is -2.13. The summed E-state index contributed by atoms with van der Waals surface area (Å²) in [5.41, 5.74) is 7.61. The van der Waals surface area contributed by atoms with Crippen LogP contribution in [0.4, 0.5) is 15.8 Å². The molecule has 2 aromatic carbocycles. The van der Waals surface area contributed by atoms with Crippen molar-refractivity contribution in [3.8, 4) is 0 Å². The first-order valence-corrected chi connectivity index (χ1v) is 7.91. The fourth-order valence-corrected chi connectivity index (χ4v) is 3.49. The molecule has 0 aliphatic carbocycles. The van der Waals surface area contributed by atoms with E-state index in [-0.39, 0.29) is 15.6 Å². The first-order chi connectivity index (χ1) is 9.70. The molecule has 0 bridgehead atoms. The van der Waals surface area contributed by atoms with Crippen LogP contribution in [-0.4, -0.2) is 8.42 Å². The quantitative estimate of drug-likeness (QED) is 0.847. The van der Waals surface area contributed by atoms with Crippen LogP contribution in [-0.2, 0) is 10.0 Å². The summed E-state index contributed by atoms with van der Waals surface area (Å²) in [5.74, 6) is -0.615. The standard InChI is InChI=1S/C14H14ClFN2O2S/c1-8-5-10(17)6-14(9(8)2)21(19,20)18-11-3-4-13(16)12(15)7-11/h3-7,18H,17H2,1-2H3. The van der Waals surface area contributed by atoms with E-state index in [0.717, 1.165) is 11.6 Å². The van der Waals surface area contributed by atoms with Crippen LogP contribution in [0.2, 0.25) is 5.02 Å². The highest BCUT2D eigenvalue weighted by atomic mass is 35.5. The molecule has 0 unspecified atom stereocenters. The SMILES string of the molecule is Cc1cc(N)cc(S(=O)(=O)Nc2ccc(F)c(Cl)c2)c1C. The Kier molecular flexibility index (Phi) is 4.11. The number of hydrogen-bond acceptors (Lipinski definition) is 3. The maximum Gasteiger partial charge on any atom is 0.262 e. The van der Waals surface area contributed by atoms with Crippen molar-refractivity contribution in [3.63, 3.8) is 0 Å². The van der Waals surface area contributed by atoms with E-state index >= 15 is 0 Å². The predicted molar refractivity (Wildman–Crippen MR) is 82.5 cm³/mol. The molecule has 0 atom stereocenters. The molecule has 0 radical (unpaired) electrons. The fourth-order valence-electron chi connectivity index (χ4n) is 1.90. The third-order valence-corrected chi connectivity index (χ3v) is 4.90. The fraction of sp³-hybridized carbons (Fsp3) is 0.143. The van der Waals surface area contributed by atoms with Gasteiger partial charge in [-0.1, -0.05) is 11.6 Å². The molecule has 2 aromatic rings. The molecule has 0 heterocycles. The summed E-state index contributed by atoms with van der Waals surface area (Å²) < 4.78 is 40.3. The largest absolute Gasteiger partial charge is 0.399 e. The monoisotopic (exact) mass is 328 g/mol. The minimum absolute atomic E-state index is 0.0837. The van der Waals surface area contributed by atoms with Gasteiger partial charge in [0.2, 0.25) is 0 Å². The van der Waals surface area contributed by atoms with Crippen LogP contribution in [0.1, 0.15) is 11.1 Å². The van der Waals surface area contributed by atoms with Crippen LogP contribution < -0.4 is 10.5 Å². The highest BCUT2D eigenvalue weighted by Gasteiger charge is 2.19. The summed E-state index contributed by atoms with van der Waals surface area (Å²) in [6.45, 7) is 3.47. The number of benzene rings is 2. The minimum Gasteiger partial charge on any atom is -0.399 e. The highest BCUT2D eigenvalue weighted by Crippen LogP contribution is 2.26. The van der Waals surface area contributed by atoms with E-state index < -0.39 is 15.8 Å². The van der Waals surface area contributed by atoms with Gasteiger partial charge in [-0.15, -0.1) is 0 Å². The first-order valence-electron chi connectivity index (χ1n) is 6.05. The van der Waals surface area contributed by atoms with Crippen molar-refractivity contribution in [3.05, 3.63) is 52.3 Å². The van der Waals surface area contributed by atoms with Crippen LogP contribution in [0.5, 0.6) is 0 Å². The number of nitrogen functional groups attached to an aromatic ring is 1. The topological polar surface area (TPSA) is 72.2 Å². The van der Waals surface area contributed by atoms with E-state index in [1.807, 2.05) is 0 Å². The van der Waals surface area contributed by atoms with Crippen LogP contribution in [0, 0.1) is 19.7 Å². The Morgan fingerprint density at radius 3 is 2.48 bits per heavy atom. The Morgan fingerprint density at radius 1 is 1.19 bits per heavy atom. The van der Waals surface area contributed by atoms with Crippen molar-refractivity contribution in [1.82, 2.24) is 0 Å². The van der Waals surface area contributed by atoms with Gasteiger partial charge in [0, 0.05) is 5.69 Å². The van der Waals surface area contributed by atoms with Gasteiger partial charge < -0.3 is 5.73 Å². The summed E-state index contributed by atoms with van der Waals surface area (Å²) in [6, 6.07) is 6.69. The Hall–Kier alpha value is -1.79. The van der Waals surface area contributed by atoms with Crippen molar-refractivity contribution in [2.45, 2.75) is 18.7 Å². The van der Waals surface area contributed by atoms with Crippen LogP contribution in [0.25, 0.3) is 0 Å². The lowest BCUT2D eigenvalue weighted by atomic mass is 10.1. The maximum atomic E-state index is 13.1. The third kappa shape index (κ3) is 3.28. The van der Waals surface area contributed by atoms with Gasteiger partial charge in [-0.05, 0) is 55.3 Å². The van der Waals surface area contributed by atoms with Crippen molar-refractivity contribution in [2.24, 2.45) is 0 Å². The maximum absolute atomic E-state index is 13.1. The van der Waals surface area contributed by atoms with Crippen molar-refractivity contribution >= 4 is 33.0 Å². The Morgan fingerprint density at radius 2 is 1.86 bits per heavy atom. The molecule has 112 valence electrons. The summed E-state index contributed by atoms with van der Waals surface area (Å²) in [4.78, 5) is 0.0837. The Balaban J connectivity index is 2.45. The second kappa shape index (κ2) is 5.54. The van der Waals surface area contributed by atoms with Gasteiger partial charge >= 0.3 is 0 Å². The number of nitrogens with two attached hydrogens (primary N) is 1. The molecule has 0 spiro atoms. The number of nitrogens with one attached hydrogen (secondary N) is 1. The number of rotatable bonds is 3. The average molecular weight is 329 g/mol. The van der Waals surface area contributed by atoms with Gasteiger partial charge in [0.1, 0.15) is 5.82 Å². The van der Waals surface area contributed by atoms with E-state index in [0.29, 0.717) is 11.3 Å². The minimum atomic E-state index is -3.83. The second-order valence-electron chi connectivity index (χ2n) is 4.70. The molecule has 4 nitrogen and oxygen atoms in total. The molecular formula is C14H14ClFN2O2S. The molecule has 0 fully saturated rings. The molecule has 0 saturated carbocycles. The van der Waals surface area contributed by atoms with Crippen molar-refractivity contribution < 1.29 is 12.8 Å². The van der Waals surface area contributed by atoms with Gasteiger partial charge in [0.15, 0.2) is 0 Å². The highest BCUT2D eigenvalue weighted by molar-refractivity contribution is 7.92.